The highest BCUT2D eigenvalue weighted by Gasteiger charge is 2.28. The number of aromatic nitrogens is 3. The molecule has 0 aliphatic rings. The molecule has 3 N–H and O–H groups in total. The van der Waals surface area contributed by atoms with Gasteiger partial charge in [-0.1, -0.05) is 38.1 Å². The van der Waals surface area contributed by atoms with Gasteiger partial charge in [-0.15, -0.1) is 0 Å². The standard InChI is InChI=1S/C29H29N5O3/c1-19(2)15-26(28-31-12-13-32-28)33-29(37)25(16-27(35)36)23-11-14-34(18-23)24-9-7-22(8-10-24)21-5-3-20(17-30)4-6-21/h3-14,18-19,25-26H,15-16H2,1-2H3,(H,31,32)(H,33,37)(H,35,36). The summed E-state index contributed by atoms with van der Waals surface area (Å²) in [5, 5.41) is 21.5. The number of aliphatic carboxylic acids is 1. The quantitative estimate of drug-likeness (QED) is 0.279. The van der Waals surface area contributed by atoms with Crippen LogP contribution in [-0.2, 0) is 9.59 Å². The van der Waals surface area contributed by atoms with Crippen LogP contribution in [0, 0.1) is 17.2 Å². The summed E-state index contributed by atoms with van der Waals surface area (Å²) in [6, 6.07) is 18.8. The third-order valence-corrected chi connectivity index (χ3v) is 6.20. The maximum Gasteiger partial charge on any atom is 0.304 e. The molecule has 0 saturated carbocycles. The van der Waals surface area contributed by atoms with Gasteiger partial charge in [-0.05, 0) is 59.4 Å². The van der Waals surface area contributed by atoms with Crippen LogP contribution in [0.5, 0.6) is 0 Å². The van der Waals surface area contributed by atoms with Gasteiger partial charge in [0.25, 0.3) is 0 Å². The molecule has 2 unspecified atom stereocenters. The summed E-state index contributed by atoms with van der Waals surface area (Å²) in [7, 11) is 0. The zero-order valence-electron chi connectivity index (χ0n) is 20.8. The van der Waals surface area contributed by atoms with Crippen LogP contribution in [0.15, 0.2) is 79.4 Å². The van der Waals surface area contributed by atoms with Gasteiger partial charge in [0, 0.05) is 30.5 Å². The van der Waals surface area contributed by atoms with Crippen molar-refractivity contribution in [2.45, 2.75) is 38.6 Å². The second-order valence-electron chi connectivity index (χ2n) is 9.40. The summed E-state index contributed by atoms with van der Waals surface area (Å²) in [5.74, 6) is -1.28. The van der Waals surface area contributed by atoms with E-state index in [1.807, 2.05) is 47.2 Å². The van der Waals surface area contributed by atoms with Crippen LogP contribution in [0.2, 0.25) is 0 Å². The van der Waals surface area contributed by atoms with E-state index in [0.717, 1.165) is 16.8 Å². The molecule has 2 heterocycles. The molecule has 37 heavy (non-hydrogen) atoms. The summed E-state index contributed by atoms with van der Waals surface area (Å²) < 4.78 is 1.87. The highest BCUT2D eigenvalue weighted by molar-refractivity contribution is 5.88. The third-order valence-electron chi connectivity index (χ3n) is 6.20. The molecule has 0 bridgehead atoms. The Balaban J connectivity index is 1.54. The third kappa shape index (κ3) is 6.33. The van der Waals surface area contributed by atoms with E-state index in [4.69, 9.17) is 5.26 Å². The van der Waals surface area contributed by atoms with Gasteiger partial charge in [0.15, 0.2) is 0 Å². The predicted molar refractivity (Wildman–Crippen MR) is 140 cm³/mol. The second kappa shape index (κ2) is 11.4. The minimum atomic E-state index is -1.04. The van der Waals surface area contributed by atoms with Gasteiger partial charge in [0.05, 0.1) is 30.0 Å². The first-order valence-corrected chi connectivity index (χ1v) is 12.1. The Labute approximate surface area is 215 Å². The average molecular weight is 496 g/mol. The van der Waals surface area contributed by atoms with Crippen molar-refractivity contribution < 1.29 is 14.7 Å². The zero-order chi connectivity index (χ0) is 26.4. The lowest BCUT2D eigenvalue weighted by atomic mass is 9.95. The van der Waals surface area contributed by atoms with Gasteiger partial charge in [-0.25, -0.2) is 4.98 Å². The molecule has 2 aromatic carbocycles. The highest BCUT2D eigenvalue weighted by Crippen LogP contribution is 2.27. The van der Waals surface area contributed by atoms with Crippen molar-refractivity contribution in [2.24, 2.45) is 5.92 Å². The van der Waals surface area contributed by atoms with E-state index in [-0.39, 0.29) is 18.4 Å². The summed E-state index contributed by atoms with van der Waals surface area (Å²) in [6.07, 6.45) is 7.32. The fourth-order valence-corrected chi connectivity index (χ4v) is 4.33. The van der Waals surface area contributed by atoms with Crippen molar-refractivity contribution in [1.29, 1.82) is 5.26 Å². The van der Waals surface area contributed by atoms with Crippen molar-refractivity contribution >= 4 is 11.9 Å². The van der Waals surface area contributed by atoms with Crippen LogP contribution in [0.25, 0.3) is 16.8 Å². The van der Waals surface area contributed by atoms with Gasteiger partial charge >= 0.3 is 5.97 Å². The molecule has 4 aromatic rings. The molecule has 8 heteroatoms. The van der Waals surface area contributed by atoms with Crippen LogP contribution in [0.3, 0.4) is 0 Å². The number of hydrogen-bond acceptors (Lipinski definition) is 4. The summed E-state index contributed by atoms with van der Waals surface area (Å²) in [4.78, 5) is 32.3. The van der Waals surface area contributed by atoms with Crippen LogP contribution < -0.4 is 5.32 Å². The number of amides is 1. The minimum absolute atomic E-state index is 0.307. The van der Waals surface area contributed by atoms with Crippen LogP contribution in [-0.4, -0.2) is 31.5 Å². The second-order valence-corrected chi connectivity index (χ2v) is 9.40. The van der Waals surface area contributed by atoms with Crippen molar-refractivity contribution in [1.82, 2.24) is 19.9 Å². The maximum atomic E-state index is 13.3. The molecule has 0 fully saturated rings. The number of H-pyrrole nitrogens is 1. The Bertz CT molecular complexity index is 1380. The normalized spacial score (nSPS) is 12.6. The van der Waals surface area contributed by atoms with E-state index < -0.39 is 11.9 Å². The fourth-order valence-electron chi connectivity index (χ4n) is 4.33. The molecular formula is C29H29N5O3. The Hall–Kier alpha value is -4.64. The van der Waals surface area contributed by atoms with E-state index in [1.54, 1.807) is 36.8 Å². The molecule has 0 saturated heterocycles. The zero-order valence-corrected chi connectivity index (χ0v) is 20.8. The lowest BCUT2D eigenvalue weighted by Gasteiger charge is -2.22. The molecule has 188 valence electrons. The molecule has 2 atom stereocenters. The van der Waals surface area contributed by atoms with E-state index in [2.05, 4.69) is 35.2 Å². The van der Waals surface area contributed by atoms with Gasteiger partial charge in [0.2, 0.25) is 5.91 Å². The number of carboxylic acid groups (broad SMARTS) is 1. The molecule has 1 amide bonds. The summed E-state index contributed by atoms with van der Waals surface area (Å²) in [5.41, 5.74) is 4.13. The lowest BCUT2D eigenvalue weighted by Crippen LogP contribution is -2.35. The minimum Gasteiger partial charge on any atom is -0.481 e. The molecular weight excluding hydrogens is 466 g/mol. The predicted octanol–water partition coefficient (Wildman–Crippen LogP) is 5.20. The molecule has 2 aromatic heterocycles. The number of carboxylic acids is 1. The van der Waals surface area contributed by atoms with Crippen LogP contribution in [0.1, 0.15) is 55.6 Å². The van der Waals surface area contributed by atoms with Crippen LogP contribution >= 0.6 is 0 Å². The maximum absolute atomic E-state index is 13.3. The molecule has 8 nitrogen and oxygen atoms in total. The summed E-state index contributed by atoms with van der Waals surface area (Å²) >= 11 is 0. The fraction of sp³-hybridized carbons (Fsp3) is 0.241. The van der Waals surface area contributed by atoms with Gasteiger partial charge < -0.3 is 20.0 Å². The SMILES string of the molecule is CC(C)CC(NC(=O)C(CC(=O)O)c1ccn(-c2ccc(-c3ccc(C#N)cc3)cc2)c1)c1ncc[nH]1. The number of hydrogen-bond donors (Lipinski definition) is 3. The first-order chi connectivity index (χ1) is 17.8. The first kappa shape index (κ1) is 25.5. The number of nitriles is 1. The number of imidazole rings is 1. The first-order valence-electron chi connectivity index (χ1n) is 12.1. The van der Waals surface area contributed by atoms with Gasteiger partial charge in [-0.2, -0.15) is 5.26 Å². The van der Waals surface area contributed by atoms with Gasteiger partial charge in [0.1, 0.15) is 5.82 Å². The molecule has 0 aliphatic carbocycles. The van der Waals surface area contributed by atoms with E-state index in [9.17, 15) is 14.7 Å². The average Bonchev–Trinajstić information content (AvgIpc) is 3.60. The molecule has 4 rings (SSSR count). The van der Waals surface area contributed by atoms with E-state index >= 15 is 0 Å². The Kier molecular flexibility index (Phi) is 7.84. The van der Waals surface area contributed by atoms with Crippen molar-refractivity contribution in [3.63, 3.8) is 0 Å². The number of rotatable bonds is 10. The largest absolute Gasteiger partial charge is 0.481 e. The Morgan fingerprint density at radius 3 is 2.32 bits per heavy atom. The Morgan fingerprint density at radius 2 is 1.76 bits per heavy atom. The highest BCUT2D eigenvalue weighted by atomic mass is 16.4. The van der Waals surface area contributed by atoms with Crippen LogP contribution in [0.4, 0.5) is 0 Å². The van der Waals surface area contributed by atoms with E-state index in [1.165, 1.54) is 0 Å². The number of carbonyl (C=O) groups is 2. The molecule has 0 spiro atoms. The van der Waals surface area contributed by atoms with Crippen molar-refractivity contribution in [3.05, 3.63) is 96.3 Å². The van der Waals surface area contributed by atoms with Gasteiger partial charge in [-0.3, -0.25) is 9.59 Å². The molecule has 0 radical (unpaired) electrons. The topological polar surface area (TPSA) is 124 Å². The monoisotopic (exact) mass is 495 g/mol. The van der Waals surface area contributed by atoms with Crippen molar-refractivity contribution in [2.75, 3.05) is 0 Å². The smallest absolute Gasteiger partial charge is 0.304 e. The molecule has 0 aliphatic heterocycles. The van der Waals surface area contributed by atoms with Crippen molar-refractivity contribution in [3.8, 4) is 22.9 Å². The number of carbonyl (C=O) groups excluding carboxylic acids is 1. The lowest BCUT2D eigenvalue weighted by molar-refractivity contribution is -0.139. The number of nitrogens with zero attached hydrogens (tertiary/aromatic N) is 3. The summed E-state index contributed by atoms with van der Waals surface area (Å²) in [6.45, 7) is 4.12. The van der Waals surface area contributed by atoms with E-state index in [0.29, 0.717) is 29.3 Å². The number of nitrogens with one attached hydrogen (secondary N) is 2. The Morgan fingerprint density at radius 1 is 1.08 bits per heavy atom. The number of aromatic amines is 1. The number of benzene rings is 2.